The summed E-state index contributed by atoms with van der Waals surface area (Å²) in [6.45, 7) is 0. The van der Waals surface area contributed by atoms with Gasteiger partial charge in [0.25, 0.3) is 0 Å². The van der Waals surface area contributed by atoms with Gasteiger partial charge in [-0.05, 0) is 0 Å². The molecule has 40 valence electrons. The summed E-state index contributed by atoms with van der Waals surface area (Å²) in [6.07, 6.45) is 0. The normalized spacial score (nSPS) is 10.1. The van der Waals surface area contributed by atoms with Crippen LogP contribution in [-0.2, 0) is 7.47 Å². The van der Waals surface area contributed by atoms with E-state index >= 15 is 0 Å². The predicted octanol–water partition coefficient (Wildman–Crippen LogP) is -2.17. The van der Waals surface area contributed by atoms with Gasteiger partial charge in [0.05, 0.1) is 0 Å². The van der Waals surface area contributed by atoms with Gasteiger partial charge in [0.2, 0.25) is 0 Å². The maximum absolute atomic E-state index is 9.53. The van der Waals surface area contributed by atoms with Crippen LogP contribution in [0.4, 0.5) is 0 Å². The van der Waals surface area contributed by atoms with Crippen molar-refractivity contribution in [2.24, 2.45) is 0 Å². The molecule has 0 rings (SSSR count). The van der Waals surface area contributed by atoms with E-state index in [1.807, 2.05) is 0 Å². The van der Waals surface area contributed by atoms with Crippen molar-refractivity contribution in [3.8, 4) is 0 Å². The molecule has 0 aromatic rings. The molecule has 0 saturated heterocycles. The quantitative estimate of drug-likeness (QED) is 0.451. The summed E-state index contributed by atoms with van der Waals surface area (Å²) in [5.74, 6) is 0. The van der Waals surface area contributed by atoms with Gasteiger partial charge >= 0.3 is 66.8 Å². The predicted molar refractivity (Wildman–Crippen MR) is 25.0 cm³/mol. The van der Waals surface area contributed by atoms with E-state index in [0.717, 1.165) is 7.11 Å². The van der Waals surface area contributed by atoms with E-state index in [0.29, 0.717) is 0 Å². The summed E-state index contributed by atoms with van der Waals surface area (Å²) in [5, 5.41) is 0. The molecule has 0 aromatic carbocycles. The molecule has 7 heavy (non-hydrogen) atoms. The van der Waals surface area contributed by atoms with Crippen molar-refractivity contribution in [2.45, 2.75) is 0 Å². The standard InChI is InChI=1S/CH5AsO4.Na.H/c1-6-2(3,4)5;;/h1H3,(H2,3,4,5);;. The van der Waals surface area contributed by atoms with Gasteiger partial charge in [0.15, 0.2) is 0 Å². The van der Waals surface area contributed by atoms with E-state index < -0.39 is 14.5 Å². The monoisotopic (exact) mass is 180 g/mol. The van der Waals surface area contributed by atoms with Gasteiger partial charge in [-0.15, -0.1) is 0 Å². The fourth-order valence-corrected chi connectivity index (χ4v) is 0. The number of hydrogen-bond acceptors (Lipinski definition) is 2. The van der Waals surface area contributed by atoms with Crippen LogP contribution in [0.25, 0.3) is 0 Å². The van der Waals surface area contributed by atoms with Crippen LogP contribution in [0.2, 0.25) is 0 Å². The molecule has 0 atom stereocenters. The average molecular weight is 180 g/mol. The van der Waals surface area contributed by atoms with E-state index in [2.05, 4.69) is 3.73 Å². The van der Waals surface area contributed by atoms with Crippen LogP contribution in [0.1, 0.15) is 0 Å². The topological polar surface area (TPSA) is 66.8 Å². The Kier molecular flexibility index (Phi) is 6.58. The second kappa shape index (κ2) is 4.15. The van der Waals surface area contributed by atoms with Crippen molar-refractivity contribution in [1.29, 1.82) is 0 Å². The van der Waals surface area contributed by atoms with Crippen LogP contribution >= 0.6 is 0 Å². The van der Waals surface area contributed by atoms with Crippen LogP contribution in [0.5, 0.6) is 0 Å². The molecular formula is CH6AsNaO4. The molecule has 0 heterocycles. The Balaban J connectivity index is 0. The molecule has 0 bridgehead atoms. The van der Waals surface area contributed by atoms with E-state index in [1.54, 1.807) is 0 Å². The number of rotatable bonds is 1. The Morgan fingerprint density at radius 1 is 1.57 bits per heavy atom. The maximum atomic E-state index is 9.53. The van der Waals surface area contributed by atoms with Crippen LogP contribution in [0.15, 0.2) is 0 Å². The third kappa shape index (κ3) is 11.1. The molecule has 0 radical (unpaired) electrons. The Hall–Kier alpha value is 1.24. The van der Waals surface area contributed by atoms with Crippen molar-refractivity contribution in [3.05, 3.63) is 0 Å². The Morgan fingerprint density at radius 2 is 1.71 bits per heavy atom. The Bertz CT molecular complexity index is 75.8. The minimum absolute atomic E-state index is 0. The summed E-state index contributed by atoms with van der Waals surface area (Å²) >= 11 is -4.66. The Labute approximate surface area is 66.5 Å². The molecular weight excluding hydrogens is 174 g/mol. The third-order valence-corrected chi connectivity index (χ3v) is 1.24. The summed E-state index contributed by atoms with van der Waals surface area (Å²) in [4.78, 5) is 0. The van der Waals surface area contributed by atoms with Crippen molar-refractivity contribution in [3.63, 3.8) is 0 Å². The molecule has 6 heteroatoms. The van der Waals surface area contributed by atoms with Crippen LogP contribution < -0.4 is 0 Å². The van der Waals surface area contributed by atoms with Gasteiger partial charge in [0, 0.05) is 0 Å². The van der Waals surface area contributed by atoms with Gasteiger partial charge in [-0.25, -0.2) is 0 Å². The zero-order chi connectivity index (χ0) is 5.21. The van der Waals surface area contributed by atoms with Gasteiger partial charge in [-0.2, -0.15) is 0 Å². The molecule has 2 N–H and O–H groups in total. The van der Waals surface area contributed by atoms with Crippen molar-refractivity contribution in [2.75, 3.05) is 7.11 Å². The third-order valence-electron chi connectivity index (χ3n) is 0.238. The zero-order valence-electron chi connectivity index (χ0n) is 3.16. The molecule has 0 saturated carbocycles. The zero-order valence-corrected chi connectivity index (χ0v) is 5.03. The Morgan fingerprint density at radius 3 is 1.71 bits per heavy atom. The van der Waals surface area contributed by atoms with E-state index in [9.17, 15) is 3.74 Å². The summed E-state index contributed by atoms with van der Waals surface area (Å²) in [6, 6.07) is 0. The number of hydrogen-bond donors (Lipinski definition) is 2. The molecule has 0 aliphatic rings. The molecule has 0 aliphatic heterocycles. The first-order valence-electron chi connectivity index (χ1n) is 1.17. The first-order chi connectivity index (χ1) is 2.56. The molecule has 4 nitrogen and oxygen atoms in total. The molecule has 0 aliphatic carbocycles. The second-order valence-electron chi connectivity index (χ2n) is 0.673. The first kappa shape index (κ1) is 11.1. The van der Waals surface area contributed by atoms with Crippen molar-refractivity contribution in [1.82, 2.24) is 0 Å². The molecule has 0 spiro atoms. The molecule has 0 unspecified atom stereocenters. The summed E-state index contributed by atoms with van der Waals surface area (Å²) in [7, 11) is 0.972. The second-order valence-corrected chi connectivity index (χ2v) is 3.50. The molecule has 0 amide bonds. The van der Waals surface area contributed by atoms with Gasteiger partial charge in [-0.1, -0.05) is 0 Å². The minimum atomic E-state index is -4.66. The van der Waals surface area contributed by atoms with E-state index in [-0.39, 0.29) is 29.6 Å². The van der Waals surface area contributed by atoms with Crippen LogP contribution in [-0.4, -0.2) is 59.4 Å². The fourth-order valence-electron chi connectivity index (χ4n) is 0. The van der Waals surface area contributed by atoms with Gasteiger partial charge in [-0.3, -0.25) is 0 Å². The summed E-state index contributed by atoms with van der Waals surface area (Å²) in [5.41, 5.74) is 0. The van der Waals surface area contributed by atoms with Crippen LogP contribution in [0, 0.1) is 0 Å². The van der Waals surface area contributed by atoms with Crippen LogP contribution in [0.3, 0.4) is 0 Å². The van der Waals surface area contributed by atoms with Crippen molar-refractivity contribution < 1.29 is 15.7 Å². The van der Waals surface area contributed by atoms with E-state index in [4.69, 9.17) is 8.19 Å². The van der Waals surface area contributed by atoms with Crippen molar-refractivity contribution >= 4 is 44.1 Å². The van der Waals surface area contributed by atoms with Gasteiger partial charge < -0.3 is 0 Å². The van der Waals surface area contributed by atoms with Gasteiger partial charge in [0.1, 0.15) is 0 Å². The average Bonchev–Trinajstić information content (AvgIpc) is 1.35. The summed E-state index contributed by atoms with van der Waals surface area (Å²) < 4.78 is 28.8. The molecule has 0 fully saturated rings. The molecule has 0 aromatic heterocycles. The first-order valence-corrected chi connectivity index (χ1v) is 4.38. The fraction of sp³-hybridized carbons (Fsp3) is 1.00. The SMILES string of the molecule is CO[As](=O)(O)O.[NaH]. The van der Waals surface area contributed by atoms with E-state index in [1.165, 1.54) is 0 Å².